The number of hydroxylamine groups is 1. The monoisotopic (exact) mass is 287 g/mol. The van der Waals surface area contributed by atoms with Gasteiger partial charge in [0.25, 0.3) is 0 Å². The second-order valence-corrected chi connectivity index (χ2v) is 4.48. The van der Waals surface area contributed by atoms with Crippen molar-refractivity contribution < 1.29 is 14.3 Å². The quantitative estimate of drug-likeness (QED) is 0.597. The molecule has 112 valence electrons. The van der Waals surface area contributed by atoms with Crippen molar-refractivity contribution >= 4 is 0 Å². The number of ether oxygens (including phenoxy) is 2. The molecule has 21 heavy (non-hydrogen) atoms. The van der Waals surface area contributed by atoms with Crippen molar-refractivity contribution in [1.29, 1.82) is 0 Å². The molecule has 4 heteroatoms. The van der Waals surface area contributed by atoms with Crippen LogP contribution >= 0.6 is 0 Å². The van der Waals surface area contributed by atoms with Gasteiger partial charge in [0.05, 0.1) is 20.3 Å². The van der Waals surface area contributed by atoms with Crippen molar-refractivity contribution in [3.05, 3.63) is 59.7 Å². The van der Waals surface area contributed by atoms with Crippen LogP contribution in [0.25, 0.3) is 0 Å². The predicted molar refractivity (Wildman–Crippen MR) is 82.2 cm³/mol. The van der Waals surface area contributed by atoms with E-state index in [1.807, 2.05) is 55.5 Å². The third-order valence-corrected chi connectivity index (χ3v) is 3.01. The summed E-state index contributed by atoms with van der Waals surface area (Å²) in [7, 11) is 1.65. The fraction of sp³-hybridized carbons (Fsp3) is 0.294. The molecule has 0 fully saturated rings. The molecule has 0 aliphatic carbocycles. The highest BCUT2D eigenvalue weighted by molar-refractivity contribution is 5.46. The maximum Gasteiger partial charge on any atom is 0.165 e. The van der Waals surface area contributed by atoms with Gasteiger partial charge in [-0.1, -0.05) is 42.5 Å². The summed E-state index contributed by atoms with van der Waals surface area (Å²) in [5, 5.41) is 0. The van der Waals surface area contributed by atoms with Gasteiger partial charge >= 0.3 is 0 Å². The van der Waals surface area contributed by atoms with Gasteiger partial charge in [-0.2, -0.15) is 5.48 Å². The Morgan fingerprint density at radius 2 is 1.81 bits per heavy atom. The number of rotatable bonds is 8. The topological polar surface area (TPSA) is 39.7 Å². The van der Waals surface area contributed by atoms with E-state index in [9.17, 15) is 0 Å². The average Bonchev–Trinajstić information content (AvgIpc) is 2.53. The van der Waals surface area contributed by atoms with Gasteiger partial charge in [0.15, 0.2) is 11.5 Å². The van der Waals surface area contributed by atoms with Crippen molar-refractivity contribution in [2.24, 2.45) is 0 Å². The Kier molecular flexibility index (Phi) is 6.06. The first-order chi connectivity index (χ1) is 10.3. The van der Waals surface area contributed by atoms with E-state index in [-0.39, 0.29) is 0 Å². The third kappa shape index (κ3) is 4.48. The van der Waals surface area contributed by atoms with Crippen LogP contribution in [0.2, 0.25) is 0 Å². The molecule has 0 saturated carbocycles. The molecular formula is C17H21NO3. The van der Waals surface area contributed by atoms with Crippen LogP contribution in [0.5, 0.6) is 11.5 Å². The molecule has 0 aliphatic heterocycles. The Hall–Kier alpha value is -2.04. The Bertz CT molecular complexity index is 543. The summed E-state index contributed by atoms with van der Waals surface area (Å²) in [6.45, 7) is 3.64. The van der Waals surface area contributed by atoms with Crippen LogP contribution in [-0.4, -0.2) is 13.7 Å². The largest absolute Gasteiger partial charge is 0.493 e. The molecule has 0 spiro atoms. The Morgan fingerprint density at radius 1 is 1.00 bits per heavy atom. The molecule has 0 heterocycles. The van der Waals surface area contributed by atoms with Gasteiger partial charge in [0.1, 0.15) is 0 Å². The second kappa shape index (κ2) is 8.29. The third-order valence-electron chi connectivity index (χ3n) is 3.01. The number of hydrogen-bond donors (Lipinski definition) is 1. The Labute approximate surface area is 125 Å². The summed E-state index contributed by atoms with van der Waals surface area (Å²) in [5.74, 6) is 1.50. The highest BCUT2D eigenvalue weighted by atomic mass is 16.6. The fourth-order valence-electron chi connectivity index (χ4n) is 2.04. The summed E-state index contributed by atoms with van der Waals surface area (Å²) in [5.41, 5.74) is 5.08. The van der Waals surface area contributed by atoms with Crippen LogP contribution in [0.1, 0.15) is 18.1 Å². The van der Waals surface area contributed by atoms with Gasteiger partial charge in [-0.15, -0.1) is 0 Å². The van der Waals surface area contributed by atoms with E-state index >= 15 is 0 Å². The van der Waals surface area contributed by atoms with Crippen LogP contribution in [0.15, 0.2) is 48.5 Å². The highest BCUT2D eigenvalue weighted by Crippen LogP contribution is 2.30. The molecule has 1 N–H and O–H groups in total. The van der Waals surface area contributed by atoms with Crippen molar-refractivity contribution in [2.45, 2.75) is 20.1 Å². The summed E-state index contributed by atoms with van der Waals surface area (Å²) in [6.07, 6.45) is 0. The lowest BCUT2D eigenvalue weighted by molar-refractivity contribution is 0.0231. The standard InChI is InChI=1S/C17H21NO3/c1-3-20-16-11-7-10-15(17(16)19-2)12-18-21-13-14-8-5-4-6-9-14/h4-11,18H,3,12-13H2,1-2H3. The molecule has 0 atom stereocenters. The van der Waals surface area contributed by atoms with Crippen LogP contribution in [0.4, 0.5) is 0 Å². The van der Waals surface area contributed by atoms with Gasteiger partial charge in [-0.3, -0.25) is 4.84 Å². The second-order valence-electron chi connectivity index (χ2n) is 4.48. The first-order valence-corrected chi connectivity index (χ1v) is 7.02. The van der Waals surface area contributed by atoms with Crippen LogP contribution < -0.4 is 15.0 Å². The van der Waals surface area contributed by atoms with Crippen molar-refractivity contribution in [2.75, 3.05) is 13.7 Å². The molecule has 0 aromatic heterocycles. The molecule has 2 aromatic rings. The molecule has 0 radical (unpaired) electrons. The van der Waals surface area contributed by atoms with E-state index < -0.39 is 0 Å². The minimum absolute atomic E-state index is 0.522. The molecule has 0 aliphatic rings. The number of para-hydroxylation sites is 1. The van der Waals surface area contributed by atoms with Gasteiger partial charge in [-0.25, -0.2) is 0 Å². The van der Waals surface area contributed by atoms with E-state index in [2.05, 4.69) is 5.48 Å². The van der Waals surface area contributed by atoms with Crippen LogP contribution in [-0.2, 0) is 18.0 Å². The lowest BCUT2D eigenvalue weighted by Crippen LogP contribution is -2.14. The lowest BCUT2D eigenvalue weighted by Gasteiger charge is -2.14. The minimum Gasteiger partial charge on any atom is -0.493 e. The lowest BCUT2D eigenvalue weighted by atomic mass is 10.2. The van der Waals surface area contributed by atoms with Crippen molar-refractivity contribution in [3.8, 4) is 11.5 Å². The van der Waals surface area contributed by atoms with E-state index in [1.54, 1.807) is 7.11 Å². The molecule has 0 bridgehead atoms. The molecule has 0 unspecified atom stereocenters. The predicted octanol–water partition coefficient (Wildman–Crippen LogP) is 3.32. The molecular weight excluding hydrogens is 266 g/mol. The number of methoxy groups -OCH3 is 1. The highest BCUT2D eigenvalue weighted by Gasteiger charge is 2.09. The van der Waals surface area contributed by atoms with Gasteiger partial charge in [0, 0.05) is 12.1 Å². The van der Waals surface area contributed by atoms with Gasteiger partial charge in [-0.05, 0) is 18.6 Å². The first kappa shape index (κ1) is 15.4. The zero-order valence-electron chi connectivity index (χ0n) is 12.5. The first-order valence-electron chi connectivity index (χ1n) is 7.02. The maximum absolute atomic E-state index is 5.55. The van der Waals surface area contributed by atoms with E-state index in [4.69, 9.17) is 14.3 Å². The Morgan fingerprint density at radius 3 is 2.52 bits per heavy atom. The Balaban J connectivity index is 1.89. The van der Waals surface area contributed by atoms with Crippen LogP contribution in [0.3, 0.4) is 0 Å². The summed E-state index contributed by atoms with van der Waals surface area (Å²) in [6, 6.07) is 15.9. The van der Waals surface area contributed by atoms with Gasteiger partial charge in [0.2, 0.25) is 0 Å². The molecule has 0 amide bonds. The van der Waals surface area contributed by atoms with Crippen molar-refractivity contribution in [1.82, 2.24) is 5.48 Å². The maximum atomic E-state index is 5.55. The molecule has 0 saturated heterocycles. The molecule has 2 aromatic carbocycles. The fourth-order valence-corrected chi connectivity index (χ4v) is 2.04. The average molecular weight is 287 g/mol. The van der Waals surface area contributed by atoms with Crippen molar-refractivity contribution in [3.63, 3.8) is 0 Å². The van der Waals surface area contributed by atoms with E-state index in [1.165, 1.54) is 0 Å². The molecule has 2 rings (SSSR count). The zero-order chi connectivity index (χ0) is 14.9. The van der Waals surface area contributed by atoms with Crippen LogP contribution in [0, 0.1) is 0 Å². The summed E-state index contributed by atoms with van der Waals surface area (Å²) < 4.78 is 11.0. The van der Waals surface area contributed by atoms with Gasteiger partial charge < -0.3 is 9.47 Å². The number of benzene rings is 2. The smallest absolute Gasteiger partial charge is 0.165 e. The summed E-state index contributed by atoms with van der Waals surface area (Å²) >= 11 is 0. The SMILES string of the molecule is CCOc1cccc(CNOCc2ccccc2)c1OC. The summed E-state index contributed by atoms with van der Waals surface area (Å²) in [4.78, 5) is 5.48. The molecule has 4 nitrogen and oxygen atoms in total. The normalized spacial score (nSPS) is 10.4. The number of hydrogen-bond acceptors (Lipinski definition) is 4. The van der Waals surface area contributed by atoms with E-state index in [0.29, 0.717) is 19.8 Å². The minimum atomic E-state index is 0.522. The number of nitrogens with one attached hydrogen (secondary N) is 1. The zero-order valence-corrected chi connectivity index (χ0v) is 12.5. The van der Waals surface area contributed by atoms with E-state index in [0.717, 1.165) is 22.6 Å².